The Morgan fingerprint density at radius 1 is 1.33 bits per heavy atom. The van der Waals surface area contributed by atoms with E-state index in [1.165, 1.54) is 12.1 Å². The summed E-state index contributed by atoms with van der Waals surface area (Å²) in [5, 5.41) is 14.2. The summed E-state index contributed by atoms with van der Waals surface area (Å²) in [6, 6.07) is 6.43. The highest BCUT2D eigenvalue weighted by Crippen LogP contribution is 2.34. The molecule has 0 amide bonds. The Balaban J connectivity index is 2.22. The zero-order valence-corrected chi connectivity index (χ0v) is 12.8. The highest BCUT2D eigenvalue weighted by Gasteiger charge is 2.14. The van der Waals surface area contributed by atoms with Crippen LogP contribution in [0.15, 0.2) is 30.5 Å². The molecule has 0 radical (unpaired) electrons. The van der Waals surface area contributed by atoms with Crippen molar-refractivity contribution >= 4 is 34.6 Å². The SMILES string of the molecule is CCc1cccnc1CNc1c(Cl)cc([N+](=O)[O-])cc1Cl. The maximum Gasteiger partial charge on any atom is 0.272 e. The number of anilines is 1. The lowest BCUT2D eigenvalue weighted by atomic mass is 10.1. The number of pyridine rings is 1. The number of hydrogen-bond acceptors (Lipinski definition) is 4. The van der Waals surface area contributed by atoms with Crippen molar-refractivity contribution in [3.8, 4) is 0 Å². The van der Waals surface area contributed by atoms with E-state index < -0.39 is 4.92 Å². The minimum atomic E-state index is -0.532. The second-order valence-electron chi connectivity index (χ2n) is 4.36. The molecule has 1 N–H and O–H groups in total. The van der Waals surface area contributed by atoms with Crippen molar-refractivity contribution in [3.05, 3.63) is 61.9 Å². The molecule has 1 heterocycles. The lowest BCUT2D eigenvalue weighted by Crippen LogP contribution is -2.06. The predicted octanol–water partition coefficient (Wildman–Crippen LogP) is 4.47. The summed E-state index contributed by atoms with van der Waals surface area (Å²) in [5.41, 5.74) is 2.35. The molecule has 2 rings (SSSR count). The molecule has 0 saturated heterocycles. The van der Waals surface area contributed by atoms with Crippen LogP contribution in [0.5, 0.6) is 0 Å². The number of nitro groups is 1. The van der Waals surface area contributed by atoms with Crippen molar-refractivity contribution in [2.75, 3.05) is 5.32 Å². The zero-order valence-electron chi connectivity index (χ0n) is 11.3. The Bertz CT molecular complexity index is 654. The molecule has 0 atom stereocenters. The van der Waals surface area contributed by atoms with Crippen molar-refractivity contribution in [2.45, 2.75) is 19.9 Å². The third-order valence-electron chi connectivity index (χ3n) is 3.04. The molecule has 0 aliphatic carbocycles. The zero-order chi connectivity index (χ0) is 15.4. The van der Waals surface area contributed by atoms with Gasteiger partial charge in [0.15, 0.2) is 0 Å². The molecule has 0 unspecified atom stereocenters. The Morgan fingerprint density at radius 2 is 2.00 bits per heavy atom. The maximum atomic E-state index is 10.7. The molecule has 0 aliphatic rings. The minimum Gasteiger partial charge on any atom is -0.377 e. The average Bonchev–Trinajstić information content (AvgIpc) is 2.46. The third kappa shape index (κ3) is 3.62. The molecule has 2 aromatic rings. The van der Waals surface area contributed by atoms with Crippen LogP contribution in [-0.4, -0.2) is 9.91 Å². The van der Waals surface area contributed by atoms with Crippen LogP contribution >= 0.6 is 23.2 Å². The van der Waals surface area contributed by atoms with E-state index in [1.54, 1.807) is 6.20 Å². The van der Waals surface area contributed by atoms with Gasteiger partial charge in [-0.25, -0.2) is 0 Å². The van der Waals surface area contributed by atoms with Crippen LogP contribution in [0.1, 0.15) is 18.2 Å². The van der Waals surface area contributed by atoms with Gasteiger partial charge in [-0.3, -0.25) is 15.1 Å². The minimum absolute atomic E-state index is 0.136. The fourth-order valence-corrected chi connectivity index (χ4v) is 2.57. The standard InChI is InChI=1S/C14H13Cl2N3O2/c1-2-9-4-3-5-17-13(9)8-18-14-11(15)6-10(19(20)21)7-12(14)16/h3-7,18H,2,8H2,1H3. The predicted molar refractivity (Wildman–Crippen MR) is 84.1 cm³/mol. The second-order valence-corrected chi connectivity index (χ2v) is 5.17. The number of hydrogen-bond donors (Lipinski definition) is 1. The lowest BCUT2D eigenvalue weighted by Gasteiger charge is -2.12. The third-order valence-corrected chi connectivity index (χ3v) is 3.63. The smallest absolute Gasteiger partial charge is 0.272 e. The highest BCUT2D eigenvalue weighted by molar-refractivity contribution is 6.39. The Hall–Kier alpha value is -1.85. The van der Waals surface area contributed by atoms with Gasteiger partial charge in [0.1, 0.15) is 0 Å². The second kappa shape index (κ2) is 6.74. The Kier molecular flexibility index (Phi) is 4.98. The van der Waals surface area contributed by atoms with Gasteiger partial charge >= 0.3 is 0 Å². The highest BCUT2D eigenvalue weighted by atomic mass is 35.5. The summed E-state index contributed by atoms with van der Waals surface area (Å²) in [6.45, 7) is 2.49. The Morgan fingerprint density at radius 3 is 2.57 bits per heavy atom. The molecule has 1 aromatic carbocycles. The van der Waals surface area contributed by atoms with Crippen LogP contribution in [0.2, 0.25) is 10.0 Å². The first-order chi connectivity index (χ1) is 10.0. The van der Waals surface area contributed by atoms with E-state index in [9.17, 15) is 10.1 Å². The molecule has 0 saturated carbocycles. The summed E-state index contributed by atoms with van der Waals surface area (Å²) >= 11 is 12.1. The first-order valence-corrected chi connectivity index (χ1v) is 7.08. The largest absolute Gasteiger partial charge is 0.377 e. The number of nitro benzene ring substituents is 1. The van der Waals surface area contributed by atoms with Gasteiger partial charge in [0.2, 0.25) is 0 Å². The molecule has 0 spiro atoms. The van der Waals surface area contributed by atoms with Crippen molar-refractivity contribution in [3.63, 3.8) is 0 Å². The maximum absolute atomic E-state index is 10.7. The van der Waals surface area contributed by atoms with E-state index in [-0.39, 0.29) is 15.7 Å². The summed E-state index contributed by atoms with van der Waals surface area (Å²) < 4.78 is 0. The summed E-state index contributed by atoms with van der Waals surface area (Å²) in [6.07, 6.45) is 2.59. The average molecular weight is 326 g/mol. The number of halogens is 2. The molecule has 21 heavy (non-hydrogen) atoms. The quantitative estimate of drug-likeness (QED) is 0.650. The van der Waals surface area contributed by atoms with Crippen molar-refractivity contribution in [1.29, 1.82) is 0 Å². The molecule has 5 nitrogen and oxygen atoms in total. The number of aromatic nitrogens is 1. The molecular formula is C14H13Cl2N3O2. The van der Waals surface area contributed by atoms with Gasteiger partial charge in [-0.1, -0.05) is 36.2 Å². The van der Waals surface area contributed by atoms with E-state index in [1.807, 2.05) is 19.1 Å². The fourth-order valence-electron chi connectivity index (χ4n) is 1.96. The number of nitrogens with one attached hydrogen (secondary N) is 1. The number of non-ortho nitro benzene ring substituents is 1. The monoisotopic (exact) mass is 325 g/mol. The first kappa shape index (κ1) is 15.5. The van der Waals surface area contributed by atoms with Crippen molar-refractivity contribution in [2.24, 2.45) is 0 Å². The topological polar surface area (TPSA) is 68.1 Å². The molecule has 0 bridgehead atoms. The summed E-state index contributed by atoms with van der Waals surface area (Å²) in [7, 11) is 0. The number of rotatable bonds is 5. The molecule has 0 fully saturated rings. The number of aryl methyl sites for hydroxylation is 1. The van der Waals surface area contributed by atoms with Gasteiger partial charge in [0, 0.05) is 18.3 Å². The lowest BCUT2D eigenvalue weighted by molar-refractivity contribution is -0.384. The van der Waals surface area contributed by atoms with Crippen molar-refractivity contribution in [1.82, 2.24) is 4.98 Å². The van der Waals surface area contributed by atoms with Gasteiger partial charge in [0.25, 0.3) is 5.69 Å². The van der Waals surface area contributed by atoms with E-state index in [0.29, 0.717) is 12.2 Å². The van der Waals surface area contributed by atoms with Gasteiger partial charge in [-0.05, 0) is 18.1 Å². The normalized spacial score (nSPS) is 10.4. The first-order valence-electron chi connectivity index (χ1n) is 6.33. The molecule has 7 heteroatoms. The van der Waals surface area contributed by atoms with E-state index in [2.05, 4.69) is 10.3 Å². The summed E-state index contributed by atoms with van der Waals surface area (Å²) in [4.78, 5) is 14.5. The van der Waals surface area contributed by atoms with Crippen LogP contribution in [0.25, 0.3) is 0 Å². The molecule has 110 valence electrons. The van der Waals surface area contributed by atoms with E-state index >= 15 is 0 Å². The van der Waals surface area contributed by atoms with E-state index in [0.717, 1.165) is 17.7 Å². The molecular weight excluding hydrogens is 313 g/mol. The summed E-state index contributed by atoms with van der Waals surface area (Å²) in [5.74, 6) is 0. The van der Waals surface area contributed by atoms with Crippen LogP contribution in [0, 0.1) is 10.1 Å². The fraction of sp³-hybridized carbons (Fsp3) is 0.214. The number of nitrogens with zero attached hydrogens (tertiary/aromatic N) is 2. The Labute approximate surface area is 132 Å². The van der Waals surface area contributed by atoms with Gasteiger partial charge in [-0.2, -0.15) is 0 Å². The number of benzene rings is 1. The van der Waals surface area contributed by atoms with Crippen LogP contribution in [0.4, 0.5) is 11.4 Å². The van der Waals surface area contributed by atoms with Gasteiger partial charge < -0.3 is 5.32 Å². The van der Waals surface area contributed by atoms with Crippen LogP contribution < -0.4 is 5.32 Å². The van der Waals surface area contributed by atoms with Gasteiger partial charge in [0.05, 0.1) is 32.9 Å². The molecule has 1 aromatic heterocycles. The molecule has 0 aliphatic heterocycles. The van der Waals surface area contributed by atoms with E-state index in [4.69, 9.17) is 23.2 Å². The van der Waals surface area contributed by atoms with Crippen molar-refractivity contribution < 1.29 is 4.92 Å². The van der Waals surface area contributed by atoms with Gasteiger partial charge in [-0.15, -0.1) is 0 Å². The van der Waals surface area contributed by atoms with Crippen LogP contribution in [0.3, 0.4) is 0 Å². The van der Waals surface area contributed by atoms with Crippen LogP contribution in [-0.2, 0) is 13.0 Å².